The number of methoxy groups -OCH3 is 1. The molecule has 2 aromatic carbocycles. The molecule has 106 valence electrons. The zero-order valence-electron chi connectivity index (χ0n) is 11.5. The van der Waals surface area contributed by atoms with Gasteiger partial charge in [-0.15, -0.1) is 0 Å². The van der Waals surface area contributed by atoms with Crippen molar-refractivity contribution in [1.29, 1.82) is 0 Å². The average molecular weight is 399 g/mol. The Morgan fingerprint density at radius 1 is 1.10 bits per heavy atom. The van der Waals surface area contributed by atoms with E-state index in [-0.39, 0.29) is 6.04 Å². The van der Waals surface area contributed by atoms with Gasteiger partial charge in [0.15, 0.2) is 0 Å². The number of hydrogen-bond donors (Lipinski definition) is 1. The van der Waals surface area contributed by atoms with Gasteiger partial charge in [0.05, 0.1) is 7.11 Å². The minimum absolute atomic E-state index is 0.271. The highest BCUT2D eigenvalue weighted by Crippen LogP contribution is 2.24. The maximum Gasteiger partial charge on any atom is 0.119 e. The van der Waals surface area contributed by atoms with E-state index < -0.39 is 0 Å². The van der Waals surface area contributed by atoms with E-state index in [4.69, 9.17) is 4.74 Å². The normalized spacial score (nSPS) is 12.2. The molecule has 0 aliphatic heterocycles. The zero-order chi connectivity index (χ0) is 14.5. The number of rotatable bonds is 5. The van der Waals surface area contributed by atoms with E-state index in [0.717, 1.165) is 21.2 Å². The molecule has 0 fully saturated rings. The van der Waals surface area contributed by atoms with Crippen LogP contribution in [0.4, 0.5) is 0 Å². The fourth-order valence-corrected chi connectivity index (χ4v) is 2.62. The van der Waals surface area contributed by atoms with Crippen molar-refractivity contribution in [3.63, 3.8) is 0 Å². The van der Waals surface area contributed by atoms with Crippen molar-refractivity contribution in [3.8, 4) is 5.75 Å². The minimum atomic E-state index is 0.271. The minimum Gasteiger partial charge on any atom is -0.497 e. The van der Waals surface area contributed by atoms with Gasteiger partial charge in [-0.1, -0.05) is 18.2 Å². The van der Waals surface area contributed by atoms with Gasteiger partial charge in [-0.2, -0.15) is 0 Å². The van der Waals surface area contributed by atoms with Crippen molar-refractivity contribution in [2.75, 3.05) is 7.11 Å². The number of nitrogens with one attached hydrogen (secondary N) is 1. The SMILES string of the molecule is COc1cccc(C(C)NCc2ccc(Br)c(Br)c2)c1. The third kappa shape index (κ3) is 4.08. The molecule has 1 atom stereocenters. The molecule has 0 saturated heterocycles. The lowest BCUT2D eigenvalue weighted by Crippen LogP contribution is -2.18. The molecule has 0 aromatic heterocycles. The van der Waals surface area contributed by atoms with Crippen LogP contribution in [0.15, 0.2) is 51.4 Å². The first kappa shape index (κ1) is 15.5. The molecule has 2 nitrogen and oxygen atoms in total. The summed E-state index contributed by atoms with van der Waals surface area (Å²) in [6, 6.07) is 14.7. The summed E-state index contributed by atoms with van der Waals surface area (Å²) in [6.07, 6.45) is 0. The molecule has 0 bridgehead atoms. The van der Waals surface area contributed by atoms with Crippen LogP contribution < -0.4 is 10.1 Å². The highest BCUT2D eigenvalue weighted by atomic mass is 79.9. The Morgan fingerprint density at radius 3 is 2.60 bits per heavy atom. The molecular formula is C16H17Br2NO. The Balaban J connectivity index is 2.00. The molecule has 1 unspecified atom stereocenters. The molecule has 0 aliphatic rings. The molecule has 1 N–H and O–H groups in total. The van der Waals surface area contributed by atoms with Crippen LogP contribution in [0.5, 0.6) is 5.75 Å². The average Bonchev–Trinajstić information content (AvgIpc) is 2.48. The third-order valence-corrected chi connectivity index (χ3v) is 5.07. The first-order valence-electron chi connectivity index (χ1n) is 6.41. The maximum absolute atomic E-state index is 5.26. The van der Waals surface area contributed by atoms with Crippen LogP contribution in [0.2, 0.25) is 0 Å². The second-order valence-corrected chi connectivity index (χ2v) is 6.34. The first-order valence-corrected chi connectivity index (χ1v) is 8.00. The molecule has 2 aromatic rings. The Bertz CT molecular complexity index is 586. The lowest BCUT2D eigenvalue weighted by Gasteiger charge is -2.15. The Morgan fingerprint density at radius 2 is 1.90 bits per heavy atom. The van der Waals surface area contributed by atoms with E-state index in [1.807, 2.05) is 12.1 Å². The lowest BCUT2D eigenvalue weighted by atomic mass is 10.1. The number of hydrogen-bond acceptors (Lipinski definition) is 2. The van der Waals surface area contributed by atoms with Crippen LogP contribution in [-0.4, -0.2) is 7.11 Å². The van der Waals surface area contributed by atoms with Crippen molar-refractivity contribution in [2.24, 2.45) is 0 Å². The highest BCUT2D eigenvalue weighted by Gasteiger charge is 2.06. The van der Waals surface area contributed by atoms with E-state index in [2.05, 4.69) is 74.4 Å². The van der Waals surface area contributed by atoms with Gasteiger partial charge in [-0.3, -0.25) is 0 Å². The lowest BCUT2D eigenvalue weighted by molar-refractivity contribution is 0.413. The van der Waals surface area contributed by atoms with Gasteiger partial charge in [0, 0.05) is 21.5 Å². The summed E-state index contributed by atoms with van der Waals surface area (Å²) in [7, 11) is 1.69. The molecule has 2 rings (SSSR count). The number of ether oxygens (including phenoxy) is 1. The van der Waals surface area contributed by atoms with Crippen LogP contribution >= 0.6 is 31.9 Å². The van der Waals surface area contributed by atoms with Crippen LogP contribution in [0.3, 0.4) is 0 Å². The molecule has 0 heterocycles. The van der Waals surface area contributed by atoms with E-state index >= 15 is 0 Å². The van der Waals surface area contributed by atoms with E-state index in [1.54, 1.807) is 7.11 Å². The molecular weight excluding hydrogens is 382 g/mol. The summed E-state index contributed by atoms with van der Waals surface area (Å²) in [5.74, 6) is 0.891. The standard InChI is InChI=1S/C16H17Br2NO/c1-11(13-4-3-5-14(9-13)20-2)19-10-12-6-7-15(17)16(18)8-12/h3-9,11,19H,10H2,1-2H3. The number of halogens is 2. The first-order chi connectivity index (χ1) is 9.60. The summed E-state index contributed by atoms with van der Waals surface area (Å²) in [4.78, 5) is 0. The van der Waals surface area contributed by atoms with Crippen molar-refractivity contribution in [2.45, 2.75) is 19.5 Å². The molecule has 0 spiro atoms. The van der Waals surface area contributed by atoms with E-state index in [9.17, 15) is 0 Å². The molecule has 20 heavy (non-hydrogen) atoms. The summed E-state index contributed by atoms with van der Waals surface area (Å²) in [6.45, 7) is 2.98. The zero-order valence-corrected chi connectivity index (χ0v) is 14.7. The maximum atomic E-state index is 5.26. The molecule has 0 aliphatic carbocycles. The summed E-state index contributed by atoms with van der Waals surface area (Å²) >= 11 is 7.01. The van der Waals surface area contributed by atoms with Crippen LogP contribution in [0.25, 0.3) is 0 Å². The van der Waals surface area contributed by atoms with Gasteiger partial charge in [0.1, 0.15) is 5.75 Å². The fraction of sp³-hybridized carbons (Fsp3) is 0.250. The van der Waals surface area contributed by atoms with Crippen molar-refractivity contribution in [3.05, 3.63) is 62.5 Å². The Hall–Kier alpha value is -0.840. The van der Waals surface area contributed by atoms with Crippen LogP contribution in [0, 0.1) is 0 Å². The van der Waals surface area contributed by atoms with Crippen molar-refractivity contribution < 1.29 is 4.74 Å². The summed E-state index contributed by atoms with van der Waals surface area (Å²) in [5, 5.41) is 3.52. The second kappa shape index (κ2) is 7.25. The smallest absolute Gasteiger partial charge is 0.119 e. The quantitative estimate of drug-likeness (QED) is 0.758. The molecule has 0 saturated carbocycles. The predicted octanol–water partition coefficient (Wildman–Crippen LogP) is 5.07. The molecule has 0 amide bonds. The van der Waals surface area contributed by atoms with Crippen molar-refractivity contribution in [1.82, 2.24) is 5.32 Å². The topological polar surface area (TPSA) is 21.3 Å². The molecule has 0 radical (unpaired) electrons. The Kier molecular flexibility index (Phi) is 5.64. The predicted molar refractivity (Wildman–Crippen MR) is 90.1 cm³/mol. The van der Waals surface area contributed by atoms with Crippen LogP contribution in [0.1, 0.15) is 24.1 Å². The monoisotopic (exact) mass is 397 g/mol. The van der Waals surface area contributed by atoms with Crippen LogP contribution in [-0.2, 0) is 6.54 Å². The summed E-state index contributed by atoms with van der Waals surface area (Å²) in [5.41, 5.74) is 2.47. The third-order valence-electron chi connectivity index (χ3n) is 3.19. The van der Waals surface area contributed by atoms with E-state index in [1.165, 1.54) is 11.1 Å². The molecule has 4 heteroatoms. The van der Waals surface area contributed by atoms with Gasteiger partial charge >= 0.3 is 0 Å². The van der Waals surface area contributed by atoms with Gasteiger partial charge in [-0.25, -0.2) is 0 Å². The van der Waals surface area contributed by atoms with Gasteiger partial charge in [0.25, 0.3) is 0 Å². The van der Waals surface area contributed by atoms with Gasteiger partial charge in [0.2, 0.25) is 0 Å². The largest absolute Gasteiger partial charge is 0.497 e. The second-order valence-electron chi connectivity index (χ2n) is 4.63. The van der Waals surface area contributed by atoms with E-state index in [0.29, 0.717) is 0 Å². The van der Waals surface area contributed by atoms with Crippen molar-refractivity contribution >= 4 is 31.9 Å². The van der Waals surface area contributed by atoms with Gasteiger partial charge in [-0.05, 0) is 74.2 Å². The summed E-state index contributed by atoms with van der Waals surface area (Å²) < 4.78 is 7.40. The highest BCUT2D eigenvalue weighted by molar-refractivity contribution is 9.13. The fourth-order valence-electron chi connectivity index (χ4n) is 1.95. The Labute approximate surface area is 136 Å². The number of benzene rings is 2. The van der Waals surface area contributed by atoms with Gasteiger partial charge < -0.3 is 10.1 Å².